The molecule has 14 heavy (non-hydrogen) atoms. The summed E-state index contributed by atoms with van der Waals surface area (Å²) in [5.41, 5.74) is 0.947. The van der Waals surface area contributed by atoms with Crippen LogP contribution in [0.15, 0.2) is 62.0 Å². The molecule has 0 aromatic rings. The predicted octanol–water partition coefficient (Wildman–Crippen LogP) is 3.56. The molecule has 0 radical (unpaired) electrons. The van der Waals surface area contributed by atoms with Crippen LogP contribution >= 0.6 is 0 Å². The molecule has 1 N–H and O–H groups in total. The monoisotopic (exact) mass is 189 g/mol. The van der Waals surface area contributed by atoms with Crippen molar-refractivity contribution in [3.63, 3.8) is 0 Å². The molecule has 1 atom stereocenters. The molecule has 1 heteroatoms. The average Bonchev–Trinajstić information content (AvgIpc) is 2.22. The average molecular weight is 189 g/mol. The SMILES string of the molecule is C=C/C=C(\C=C)N/C=C/CC(C)C=C. The zero-order chi connectivity index (χ0) is 10.8. The van der Waals surface area contributed by atoms with E-state index in [1.165, 1.54) is 0 Å². The Hall–Kier alpha value is -1.50. The van der Waals surface area contributed by atoms with Crippen molar-refractivity contribution in [3.05, 3.63) is 62.0 Å². The van der Waals surface area contributed by atoms with E-state index in [4.69, 9.17) is 0 Å². The molecule has 0 aromatic carbocycles. The zero-order valence-corrected chi connectivity index (χ0v) is 8.87. The molecule has 0 spiro atoms. The van der Waals surface area contributed by atoms with Crippen LogP contribution < -0.4 is 5.32 Å². The summed E-state index contributed by atoms with van der Waals surface area (Å²) in [4.78, 5) is 0. The van der Waals surface area contributed by atoms with Crippen molar-refractivity contribution in [2.24, 2.45) is 5.92 Å². The van der Waals surface area contributed by atoms with E-state index in [-0.39, 0.29) is 0 Å². The molecule has 0 bridgehead atoms. The molecular formula is C13H19N. The Bertz CT molecular complexity index is 246. The highest BCUT2D eigenvalue weighted by Crippen LogP contribution is 2.02. The second-order valence-electron chi connectivity index (χ2n) is 3.06. The van der Waals surface area contributed by atoms with Gasteiger partial charge in [0.25, 0.3) is 0 Å². The molecule has 0 fully saturated rings. The molecule has 0 aliphatic rings. The minimum atomic E-state index is 0.517. The quantitative estimate of drug-likeness (QED) is 0.477. The van der Waals surface area contributed by atoms with Gasteiger partial charge in [0.15, 0.2) is 0 Å². The van der Waals surface area contributed by atoms with E-state index in [0.717, 1.165) is 12.1 Å². The normalized spacial score (nSPS) is 13.6. The lowest BCUT2D eigenvalue weighted by Gasteiger charge is -2.01. The van der Waals surface area contributed by atoms with Gasteiger partial charge < -0.3 is 5.32 Å². The van der Waals surface area contributed by atoms with Crippen molar-refractivity contribution in [3.8, 4) is 0 Å². The van der Waals surface area contributed by atoms with Crippen molar-refractivity contribution in [2.45, 2.75) is 13.3 Å². The Labute approximate surface area is 87.2 Å². The summed E-state index contributed by atoms with van der Waals surface area (Å²) in [5.74, 6) is 0.517. The molecule has 0 aliphatic carbocycles. The van der Waals surface area contributed by atoms with Crippen LogP contribution in [-0.2, 0) is 0 Å². The first kappa shape index (κ1) is 12.5. The second-order valence-corrected chi connectivity index (χ2v) is 3.06. The maximum absolute atomic E-state index is 3.72. The van der Waals surface area contributed by atoms with Crippen LogP contribution in [0.3, 0.4) is 0 Å². The Balaban J connectivity index is 3.90. The highest BCUT2D eigenvalue weighted by Gasteiger charge is 1.89. The fourth-order valence-electron chi connectivity index (χ4n) is 0.836. The van der Waals surface area contributed by atoms with E-state index in [2.05, 4.69) is 38.1 Å². The summed E-state index contributed by atoms with van der Waals surface area (Å²) >= 11 is 0. The van der Waals surface area contributed by atoms with E-state index in [1.807, 2.05) is 18.4 Å². The lowest BCUT2D eigenvalue weighted by molar-refractivity contribution is 0.743. The van der Waals surface area contributed by atoms with E-state index < -0.39 is 0 Å². The molecule has 0 saturated carbocycles. The number of allylic oxidation sites excluding steroid dienone is 5. The van der Waals surface area contributed by atoms with Crippen LogP contribution in [0.1, 0.15) is 13.3 Å². The molecular weight excluding hydrogens is 170 g/mol. The van der Waals surface area contributed by atoms with Crippen LogP contribution in [0.25, 0.3) is 0 Å². The van der Waals surface area contributed by atoms with E-state index in [1.54, 1.807) is 12.2 Å². The van der Waals surface area contributed by atoms with Crippen LogP contribution in [0.5, 0.6) is 0 Å². The first-order valence-electron chi connectivity index (χ1n) is 4.73. The number of hydrogen-bond donors (Lipinski definition) is 1. The van der Waals surface area contributed by atoms with E-state index in [9.17, 15) is 0 Å². The summed E-state index contributed by atoms with van der Waals surface area (Å²) in [6.07, 6.45) is 12.3. The molecule has 0 heterocycles. The number of nitrogens with one attached hydrogen (secondary N) is 1. The zero-order valence-electron chi connectivity index (χ0n) is 8.87. The van der Waals surface area contributed by atoms with Gasteiger partial charge in [-0.25, -0.2) is 0 Å². The van der Waals surface area contributed by atoms with Crippen LogP contribution in [0.2, 0.25) is 0 Å². The number of hydrogen-bond acceptors (Lipinski definition) is 1. The van der Waals surface area contributed by atoms with Crippen LogP contribution in [0.4, 0.5) is 0 Å². The van der Waals surface area contributed by atoms with Gasteiger partial charge in [-0.05, 0) is 30.7 Å². The third kappa shape index (κ3) is 6.06. The fraction of sp³-hybridized carbons (Fsp3) is 0.231. The molecule has 1 nitrogen and oxygen atoms in total. The maximum Gasteiger partial charge on any atom is 0.0373 e. The summed E-state index contributed by atoms with van der Waals surface area (Å²) in [6.45, 7) is 13.2. The van der Waals surface area contributed by atoms with Crippen molar-refractivity contribution in [1.82, 2.24) is 5.32 Å². The highest BCUT2D eigenvalue weighted by molar-refractivity contribution is 5.20. The molecule has 0 amide bonds. The maximum atomic E-state index is 3.72. The van der Waals surface area contributed by atoms with E-state index in [0.29, 0.717) is 5.92 Å². The smallest absolute Gasteiger partial charge is 0.0373 e. The molecule has 0 aromatic heterocycles. The third-order valence-corrected chi connectivity index (χ3v) is 1.80. The van der Waals surface area contributed by atoms with Gasteiger partial charge in [0, 0.05) is 5.70 Å². The topological polar surface area (TPSA) is 12.0 Å². The number of rotatable bonds is 7. The molecule has 0 rings (SSSR count). The van der Waals surface area contributed by atoms with Gasteiger partial charge in [-0.3, -0.25) is 0 Å². The van der Waals surface area contributed by atoms with E-state index >= 15 is 0 Å². The van der Waals surface area contributed by atoms with Gasteiger partial charge in [-0.1, -0.05) is 38.3 Å². The van der Waals surface area contributed by atoms with Crippen molar-refractivity contribution >= 4 is 0 Å². The van der Waals surface area contributed by atoms with Crippen molar-refractivity contribution in [2.75, 3.05) is 0 Å². The van der Waals surface area contributed by atoms with Gasteiger partial charge in [0.1, 0.15) is 0 Å². The largest absolute Gasteiger partial charge is 0.362 e. The first-order chi connectivity index (χ1) is 6.74. The molecule has 0 aliphatic heterocycles. The van der Waals surface area contributed by atoms with Gasteiger partial charge in [-0.2, -0.15) is 0 Å². The minimum absolute atomic E-state index is 0.517. The van der Waals surface area contributed by atoms with Gasteiger partial charge in [-0.15, -0.1) is 6.58 Å². The highest BCUT2D eigenvalue weighted by atomic mass is 14.8. The minimum Gasteiger partial charge on any atom is -0.362 e. The van der Waals surface area contributed by atoms with Crippen molar-refractivity contribution in [1.29, 1.82) is 0 Å². The Morgan fingerprint density at radius 1 is 1.36 bits per heavy atom. The summed E-state index contributed by atoms with van der Waals surface area (Å²) < 4.78 is 0. The van der Waals surface area contributed by atoms with Crippen LogP contribution in [0, 0.1) is 5.92 Å². The van der Waals surface area contributed by atoms with Crippen LogP contribution in [-0.4, -0.2) is 0 Å². The van der Waals surface area contributed by atoms with Crippen molar-refractivity contribution < 1.29 is 0 Å². The summed E-state index contributed by atoms with van der Waals surface area (Å²) in [5, 5.41) is 3.11. The lowest BCUT2D eigenvalue weighted by atomic mass is 10.1. The third-order valence-electron chi connectivity index (χ3n) is 1.80. The predicted molar refractivity (Wildman–Crippen MR) is 64.7 cm³/mol. The Morgan fingerprint density at radius 3 is 2.57 bits per heavy atom. The molecule has 76 valence electrons. The Kier molecular flexibility index (Phi) is 7.24. The molecule has 0 saturated heterocycles. The fourth-order valence-corrected chi connectivity index (χ4v) is 0.836. The lowest BCUT2D eigenvalue weighted by Crippen LogP contribution is -2.01. The van der Waals surface area contributed by atoms with Gasteiger partial charge in [0.2, 0.25) is 0 Å². The van der Waals surface area contributed by atoms with Gasteiger partial charge in [0.05, 0.1) is 0 Å². The Morgan fingerprint density at radius 2 is 2.07 bits per heavy atom. The summed E-state index contributed by atoms with van der Waals surface area (Å²) in [6, 6.07) is 0. The second kappa shape index (κ2) is 8.11. The van der Waals surface area contributed by atoms with Gasteiger partial charge >= 0.3 is 0 Å². The summed E-state index contributed by atoms with van der Waals surface area (Å²) in [7, 11) is 0. The molecule has 1 unspecified atom stereocenters. The standard InChI is InChI=1S/C13H19N/c1-5-9-13(7-3)14-11-8-10-12(4)6-2/h5-9,11-12,14H,1-3,10H2,4H3/b11-8+,13-9+. The first-order valence-corrected chi connectivity index (χ1v) is 4.73.